The van der Waals surface area contributed by atoms with E-state index in [1.165, 1.54) is 4.90 Å². The molecule has 2 N–H and O–H groups in total. The van der Waals surface area contributed by atoms with E-state index in [4.69, 9.17) is 10.5 Å². The minimum atomic E-state index is -1.15. The van der Waals surface area contributed by atoms with E-state index in [-0.39, 0.29) is 6.54 Å². The summed E-state index contributed by atoms with van der Waals surface area (Å²) in [7, 11) is 0. The number of piperidine rings is 1. The summed E-state index contributed by atoms with van der Waals surface area (Å²) in [6.07, 6.45) is -1.12. The van der Waals surface area contributed by atoms with Crippen molar-refractivity contribution in [2.24, 2.45) is 5.73 Å². The summed E-state index contributed by atoms with van der Waals surface area (Å²) in [5.74, 6) is 0. The van der Waals surface area contributed by atoms with Gasteiger partial charge in [-0.1, -0.05) is 0 Å². The van der Waals surface area contributed by atoms with Crippen molar-refractivity contribution in [2.45, 2.75) is 45.0 Å². The number of alkyl halides is 1. The second-order valence-electron chi connectivity index (χ2n) is 4.89. The topological polar surface area (TPSA) is 55.6 Å². The number of hydrogen-bond donors (Lipinski definition) is 1. The van der Waals surface area contributed by atoms with E-state index in [1.807, 2.05) is 0 Å². The van der Waals surface area contributed by atoms with Crippen LogP contribution >= 0.6 is 0 Å². The van der Waals surface area contributed by atoms with Crippen LogP contribution in [0.4, 0.5) is 9.18 Å². The summed E-state index contributed by atoms with van der Waals surface area (Å²) in [5, 5.41) is 0. The first-order valence-corrected chi connectivity index (χ1v) is 5.17. The minimum Gasteiger partial charge on any atom is -0.444 e. The van der Waals surface area contributed by atoms with Crippen LogP contribution in [0.25, 0.3) is 0 Å². The average molecular weight is 218 g/mol. The van der Waals surface area contributed by atoms with Gasteiger partial charge in [0.05, 0.1) is 6.54 Å². The molecule has 5 heteroatoms. The van der Waals surface area contributed by atoms with Crippen molar-refractivity contribution >= 4 is 6.09 Å². The van der Waals surface area contributed by atoms with Gasteiger partial charge in [0.15, 0.2) is 0 Å². The molecule has 1 fully saturated rings. The van der Waals surface area contributed by atoms with Gasteiger partial charge in [0.1, 0.15) is 11.8 Å². The molecule has 1 saturated heterocycles. The first-order valence-electron chi connectivity index (χ1n) is 5.17. The Kier molecular flexibility index (Phi) is 3.54. The molecular weight excluding hydrogens is 199 g/mol. The Morgan fingerprint density at radius 2 is 2.13 bits per heavy atom. The summed E-state index contributed by atoms with van der Waals surface area (Å²) in [4.78, 5) is 12.9. The smallest absolute Gasteiger partial charge is 0.410 e. The molecule has 0 aromatic heterocycles. The molecule has 15 heavy (non-hydrogen) atoms. The predicted octanol–water partition coefficient (Wildman–Crippen LogP) is 1.29. The summed E-state index contributed by atoms with van der Waals surface area (Å²) in [5.41, 5.74) is 4.97. The molecule has 1 aliphatic rings. The molecule has 0 saturated carbocycles. The van der Waals surface area contributed by atoms with Gasteiger partial charge in [0.25, 0.3) is 0 Å². The number of ether oxygens (including phenoxy) is 1. The SMILES string of the molecule is CC(C)(C)OC(=O)N1CCC(N)C(F)C1. The third kappa shape index (κ3) is 3.66. The maximum Gasteiger partial charge on any atom is 0.410 e. The van der Waals surface area contributed by atoms with Gasteiger partial charge in [-0.15, -0.1) is 0 Å². The van der Waals surface area contributed by atoms with Gasteiger partial charge in [0, 0.05) is 12.6 Å². The Labute approximate surface area is 89.6 Å². The molecule has 0 radical (unpaired) electrons. The van der Waals surface area contributed by atoms with Gasteiger partial charge in [-0.25, -0.2) is 9.18 Å². The maximum absolute atomic E-state index is 13.2. The Morgan fingerprint density at radius 1 is 1.53 bits per heavy atom. The van der Waals surface area contributed by atoms with E-state index in [0.717, 1.165) is 0 Å². The number of nitrogens with two attached hydrogens (primary N) is 1. The quantitative estimate of drug-likeness (QED) is 0.666. The molecule has 1 amide bonds. The van der Waals surface area contributed by atoms with Crippen molar-refractivity contribution in [3.05, 3.63) is 0 Å². The van der Waals surface area contributed by atoms with Crippen molar-refractivity contribution in [3.63, 3.8) is 0 Å². The number of carbonyl (C=O) groups is 1. The molecule has 0 aromatic carbocycles. The number of likely N-dealkylation sites (tertiary alicyclic amines) is 1. The molecule has 0 aromatic rings. The zero-order chi connectivity index (χ0) is 11.6. The number of rotatable bonds is 0. The van der Waals surface area contributed by atoms with Crippen LogP contribution in [0.5, 0.6) is 0 Å². The fourth-order valence-electron chi connectivity index (χ4n) is 1.42. The summed E-state index contributed by atoms with van der Waals surface area (Å²) >= 11 is 0. The van der Waals surface area contributed by atoms with Crippen LogP contribution in [-0.2, 0) is 4.74 Å². The Balaban J connectivity index is 2.48. The molecule has 88 valence electrons. The van der Waals surface area contributed by atoms with Gasteiger partial charge in [-0.3, -0.25) is 0 Å². The van der Waals surface area contributed by atoms with Gasteiger partial charge in [0.2, 0.25) is 0 Å². The highest BCUT2D eigenvalue weighted by molar-refractivity contribution is 5.68. The summed E-state index contributed by atoms with van der Waals surface area (Å²) < 4.78 is 18.4. The Morgan fingerprint density at radius 3 is 2.60 bits per heavy atom. The molecule has 2 unspecified atom stereocenters. The lowest BCUT2D eigenvalue weighted by atomic mass is 10.0. The Hall–Kier alpha value is -0.840. The van der Waals surface area contributed by atoms with Gasteiger partial charge < -0.3 is 15.4 Å². The van der Waals surface area contributed by atoms with Crippen LogP contribution in [-0.4, -0.2) is 41.9 Å². The molecule has 0 aliphatic carbocycles. The number of hydrogen-bond acceptors (Lipinski definition) is 3. The third-order valence-electron chi connectivity index (χ3n) is 2.24. The van der Waals surface area contributed by atoms with Crippen LogP contribution in [0.3, 0.4) is 0 Å². The van der Waals surface area contributed by atoms with Gasteiger partial charge >= 0.3 is 6.09 Å². The summed E-state index contributed by atoms with van der Waals surface area (Å²) in [6, 6.07) is -0.455. The molecule has 1 rings (SSSR count). The average Bonchev–Trinajstić information content (AvgIpc) is 2.06. The maximum atomic E-state index is 13.2. The van der Waals surface area contributed by atoms with Crippen LogP contribution in [0, 0.1) is 0 Å². The standard InChI is InChI=1S/C10H19FN2O2/c1-10(2,3)15-9(14)13-5-4-8(12)7(11)6-13/h7-8H,4-6,12H2,1-3H3. The highest BCUT2D eigenvalue weighted by Crippen LogP contribution is 2.16. The molecule has 0 bridgehead atoms. The van der Waals surface area contributed by atoms with Crippen molar-refractivity contribution in [1.82, 2.24) is 4.90 Å². The van der Waals surface area contributed by atoms with E-state index in [9.17, 15) is 9.18 Å². The largest absolute Gasteiger partial charge is 0.444 e. The molecule has 0 spiro atoms. The predicted molar refractivity (Wildman–Crippen MR) is 55.3 cm³/mol. The van der Waals surface area contributed by atoms with E-state index in [0.29, 0.717) is 13.0 Å². The second kappa shape index (κ2) is 4.35. The van der Waals surface area contributed by atoms with Crippen molar-refractivity contribution < 1.29 is 13.9 Å². The van der Waals surface area contributed by atoms with Crippen molar-refractivity contribution in [1.29, 1.82) is 0 Å². The van der Waals surface area contributed by atoms with Crippen LogP contribution in [0.15, 0.2) is 0 Å². The number of halogens is 1. The lowest BCUT2D eigenvalue weighted by molar-refractivity contribution is 0.0116. The Bertz CT molecular complexity index is 240. The highest BCUT2D eigenvalue weighted by Gasteiger charge is 2.31. The van der Waals surface area contributed by atoms with Crippen LogP contribution in [0.1, 0.15) is 27.2 Å². The molecule has 1 heterocycles. The van der Waals surface area contributed by atoms with Gasteiger partial charge in [-0.05, 0) is 27.2 Å². The monoisotopic (exact) mass is 218 g/mol. The zero-order valence-electron chi connectivity index (χ0n) is 9.50. The number of amides is 1. The molecule has 4 nitrogen and oxygen atoms in total. The van der Waals surface area contributed by atoms with Crippen molar-refractivity contribution in [3.8, 4) is 0 Å². The zero-order valence-corrected chi connectivity index (χ0v) is 9.50. The second-order valence-corrected chi connectivity index (χ2v) is 4.89. The van der Waals surface area contributed by atoms with E-state index in [1.54, 1.807) is 20.8 Å². The van der Waals surface area contributed by atoms with E-state index in [2.05, 4.69) is 0 Å². The molecule has 2 atom stereocenters. The van der Waals surface area contributed by atoms with Crippen LogP contribution < -0.4 is 5.73 Å². The fraction of sp³-hybridized carbons (Fsp3) is 0.900. The third-order valence-corrected chi connectivity index (χ3v) is 2.24. The summed E-state index contributed by atoms with van der Waals surface area (Å²) in [6.45, 7) is 5.86. The first-order chi connectivity index (χ1) is 6.79. The lowest BCUT2D eigenvalue weighted by Crippen LogP contribution is -2.51. The van der Waals surface area contributed by atoms with Crippen LogP contribution in [0.2, 0.25) is 0 Å². The van der Waals surface area contributed by atoms with E-state index >= 15 is 0 Å². The number of nitrogens with zero attached hydrogens (tertiary/aromatic N) is 1. The fourth-order valence-corrected chi connectivity index (χ4v) is 1.42. The highest BCUT2D eigenvalue weighted by atomic mass is 19.1. The van der Waals surface area contributed by atoms with Crippen molar-refractivity contribution in [2.75, 3.05) is 13.1 Å². The normalized spacial score (nSPS) is 27.7. The molecular formula is C10H19FN2O2. The lowest BCUT2D eigenvalue weighted by Gasteiger charge is -2.34. The molecule has 1 aliphatic heterocycles. The number of carbonyl (C=O) groups excluding carboxylic acids is 1. The minimum absolute atomic E-state index is 0.0378. The van der Waals surface area contributed by atoms with E-state index < -0.39 is 23.9 Å². The van der Waals surface area contributed by atoms with Gasteiger partial charge in [-0.2, -0.15) is 0 Å². The first kappa shape index (κ1) is 12.2.